The summed E-state index contributed by atoms with van der Waals surface area (Å²) in [7, 11) is 4.13. The summed E-state index contributed by atoms with van der Waals surface area (Å²) in [5, 5.41) is 3.10. The summed E-state index contributed by atoms with van der Waals surface area (Å²) in [6.45, 7) is 7.41. The van der Waals surface area contributed by atoms with Crippen molar-refractivity contribution in [3.63, 3.8) is 0 Å². The van der Waals surface area contributed by atoms with Gasteiger partial charge in [0.2, 0.25) is 0 Å². The standard InChI is InChI=1S/C13H23N3O/c1-11-9-16(7-6-15(11)3)10-13-5-4-12(17-13)8-14-2/h4-5,11,14H,6-10H2,1-3H3. The van der Waals surface area contributed by atoms with Gasteiger partial charge in [0, 0.05) is 25.7 Å². The van der Waals surface area contributed by atoms with Crippen LogP contribution in [0, 0.1) is 0 Å². The van der Waals surface area contributed by atoms with E-state index in [-0.39, 0.29) is 0 Å². The zero-order valence-electron chi connectivity index (χ0n) is 11.1. The van der Waals surface area contributed by atoms with Crippen molar-refractivity contribution in [1.82, 2.24) is 15.1 Å². The van der Waals surface area contributed by atoms with Gasteiger partial charge in [-0.25, -0.2) is 0 Å². The number of likely N-dealkylation sites (N-methyl/N-ethyl adjacent to an activating group) is 1. The fraction of sp³-hybridized carbons (Fsp3) is 0.692. The Labute approximate surface area is 104 Å². The van der Waals surface area contributed by atoms with Crippen molar-refractivity contribution in [2.45, 2.75) is 26.1 Å². The van der Waals surface area contributed by atoms with Gasteiger partial charge in [0.15, 0.2) is 0 Å². The van der Waals surface area contributed by atoms with Crippen molar-refractivity contribution >= 4 is 0 Å². The highest BCUT2D eigenvalue weighted by Gasteiger charge is 2.21. The molecule has 0 saturated carbocycles. The van der Waals surface area contributed by atoms with Gasteiger partial charge in [-0.05, 0) is 33.2 Å². The predicted molar refractivity (Wildman–Crippen MR) is 68.8 cm³/mol. The molecule has 2 rings (SSSR count). The van der Waals surface area contributed by atoms with E-state index in [0.717, 1.165) is 44.2 Å². The third-order valence-electron chi connectivity index (χ3n) is 3.49. The molecule has 0 radical (unpaired) electrons. The van der Waals surface area contributed by atoms with Crippen LogP contribution in [-0.4, -0.2) is 49.6 Å². The third-order valence-corrected chi connectivity index (χ3v) is 3.49. The Kier molecular flexibility index (Phi) is 4.20. The van der Waals surface area contributed by atoms with Gasteiger partial charge >= 0.3 is 0 Å². The predicted octanol–water partition coefficient (Wildman–Crippen LogP) is 1.13. The van der Waals surface area contributed by atoms with Gasteiger partial charge in [0.1, 0.15) is 11.5 Å². The number of hydrogen-bond donors (Lipinski definition) is 1. The largest absolute Gasteiger partial charge is 0.463 e. The van der Waals surface area contributed by atoms with Gasteiger partial charge in [0.05, 0.1) is 13.1 Å². The van der Waals surface area contributed by atoms with E-state index in [1.807, 2.05) is 7.05 Å². The molecule has 0 aromatic carbocycles. The van der Waals surface area contributed by atoms with Gasteiger partial charge in [0.25, 0.3) is 0 Å². The highest BCUT2D eigenvalue weighted by molar-refractivity contribution is 5.07. The summed E-state index contributed by atoms with van der Waals surface area (Å²) in [6, 6.07) is 4.79. The van der Waals surface area contributed by atoms with Crippen LogP contribution >= 0.6 is 0 Å². The van der Waals surface area contributed by atoms with E-state index in [1.54, 1.807) is 0 Å². The highest BCUT2D eigenvalue weighted by Crippen LogP contribution is 2.14. The van der Waals surface area contributed by atoms with Crippen molar-refractivity contribution in [3.05, 3.63) is 23.7 Å². The van der Waals surface area contributed by atoms with Crippen molar-refractivity contribution in [2.24, 2.45) is 0 Å². The average Bonchev–Trinajstić information content (AvgIpc) is 2.72. The molecule has 0 aliphatic carbocycles. The summed E-state index contributed by atoms with van der Waals surface area (Å²) in [6.07, 6.45) is 0. The maximum absolute atomic E-state index is 5.77. The van der Waals surface area contributed by atoms with Crippen LogP contribution in [0.5, 0.6) is 0 Å². The maximum atomic E-state index is 5.77. The van der Waals surface area contributed by atoms with E-state index in [1.165, 1.54) is 0 Å². The van der Waals surface area contributed by atoms with E-state index < -0.39 is 0 Å². The smallest absolute Gasteiger partial charge is 0.118 e. The second kappa shape index (κ2) is 5.67. The summed E-state index contributed by atoms with van der Waals surface area (Å²) in [4.78, 5) is 4.87. The van der Waals surface area contributed by atoms with E-state index in [0.29, 0.717) is 6.04 Å². The van der Waals surface area contributed by atoms with Crippen LogP contribution in [0.25, 0.3) is 0 Å². The lowest BCUT2D eigenvalue weighted by atomic mass is 10.2. The maximum Gasteiger partial charge on any atom is 0.118 e. The van der Waals surface area contributed by atoms with Crippen LogP contribution in [0.3, 0.4) is 0 Å². The SMILES string of the molecule is CNCc1ccc(CN2CCN(C)C(C)C2)o1. The molecule has 1 fully saturated rings. The molecule has 4 nitrogen and oxygen atoms in total. The fourth-order valence-electron chi connectivity index (χ4n) is 2.26. The first-order valence-electron chi connectivity index (χ1n) is 6.34. The minimum atomic E-state index is 0.635. The van der Waals surface area contributed by atoms with Crippen LogP contribution in [0.4, 0.5) is 0 Å². The van der Waals surface area contributed by atoms with E-state index in [2.05, 4.69) is 41.2 Å². The van der Waals surface area contributed by atoms with Crippen molar-refractivity contribution in [1.29, 1.82) is 0 Å². The average molecular weight is 237 g/mol. The molecule has 0 spiro atoms. The number of nitrogens with zero attached hydrogens (tertiary/aromatic N) is 2. The van der Waals surface area contributed by atoms with Gasteiger partial charge in [-0.1, -0.05) is 0 Å². The summed E-state index contributed by atoms with van der Waals surface area (Å²) < 4.78 is 5.77. The molecule has 17 heavy (non-hydrogen) atoms. The Hall–Kier alpha value is -0.840. The normalized spacial score (nSPS) is 23.1. The van der Waals surface area contributed by atoms with Crippen LogP contribution in [-0.2, 0) is 13.1 Å². The molecule has 1 unspecified atom stereocenters. The Balaban J connectivity index is 1.87. The Morgan fingerprint density at radius 1 is 1.35 bits per heavy atom. The van der Waals surface area contributed by atoms with Crippen molar-refractivity contribution in [3.8, 4) is 0 Å². The Morgan fingerprint density at radius 2 is 2.12 bits per heavy atom. The lowest BCUT2D eigenvalue weighted by Gasteiger charge is -2.37. The molecule has 96 valence electrons. The molecular weight excluding hydrogens is 214 g/mol. The van der Waals surface area contributed by atoms with Crippen molar-refractivity contribution in [2.75, 3.05) is 33.7 Å². The molecule has 0 amide bonds. The summed E-state index contributed by atoms with van der Waals surface area (Å²) in [5.41, 5.74) is 0. The molecule has 4 heteroatoms. The second-order valence-corrected chi connectivity index (χ2v) is 4.96. The molecule has 1 aromatic heterocycles. The molecule has 1 aliphatic rings. The number of hydrogen-bond acceptors (Lipinski definition) is 4. The summed E-state index contributed by atoms with van der Waals surface area (Å²) in [5.74, 6) is 2.09. The Morgan fingerprint density at radius 3 is 2.82 bits per heavy atom. The van der Waals surface area contributed by atoms with Crippen LogP contribution in [0.1, 0.15) is 18.4 Å². The first kappa shape index (κ1) is 12.6. The molecule has 1 saturated heterocycles. The van der Waals surface area contributed by atoms with Gasteiger partial charge < -0.3 is 14.6 Å². The topological polar surface area (TPSA) is 31.6 Å². The van der Waals surface area contributed by atoms with Crippen LogP contribution in [0.2, 0.25) is 0 Å². The molecule has 2 heterocycles. The van der Waals surface area contributed by atoms with E-state index in [9.17, 15) is 0 Å². The number of piperazine rings is 1. The highest BCUT2D eigenvalue weighted by atomic mass is 16.3. The van der Waals surface area contributed by atoms with E-state index >= 15 is 0 Å². The van der Waals surface area contributed by atoms with Crippen molar-refractivity contribution < 1.29 is 4.42 Å². The van der Waals surface area contributed by atoms with Crippen LogP contribution < -0.4 is 5.32 Å². The summed E-state index contributed by atoms with van der Waals surface area (Å²) >= 11 is 0. The van der Waals surface area contributed by atoms with Crippen LogP contribution in [0.15, 0.2) is 16.5 Å². The number of furan rings is 1. The number of nitrogens with one attached hydrogen (secondary N) is 1. The van der Waals surface area contributed by atoms with Gasteiger partial charge in [-0.3, -0.25) is 4.90 Å². The monoisotopic (exact) mass is 237 g/mol. The molecule has 1 aliphatic heterocycles. The lowest BCUT2D eigenvalue weighted by molar-refractivity contribution is 0.0943. The van der Waals surface area contributed by atoms with E-state index in [4.69, 9.17) is 4.42 Å². The first-order chi connectivity index (χ1) is 8.19. The second-order valence-electron chi connectivity index (χ2n) is 4.96. The Bertz CT molecular complexity index is 350. The van der Waals surface area contributed by atoms with Gasteiger partial charge in [-0.15, -0.1) is 0 Å². The molecule has 1 atom stereocenters. The quantitative estimate of drug-likeness (QED) is 0.851. The fourth-order valence-corrected chi connectivity index (χ4v) is 2.26. The zero-order valence-corrected chi connectivity index (χ0v) is 11.1. The van der Waals surface area contributed by atoms with Gasteiger partial charge in [-0.2, -0.15) is 0 Å². The zero-order chi connectivity index (χ0) is 12.3. The molecular formula is C13H23N3O. The minimum Gasteiger partial charge on any atom is -0.463 e. The third kappa shape index (κ3) is 3.31. The lowest BCUT2D eigenvalue weighted by Crippen LogP contribution is -2.49. The molecule has 1 aromatic rings. The molecule has 0 bridgehead atoms. The first-order valence-corrected chi connectivity index (χ1v) is 6.34. The minimum absolute atomic E-state index is 0.635. The number of rotatable bonds is 4. The molecule has 1 N–H and O–H groups in total.